The Kier molecular flexibility index (Phi) is 4.32. The Hall–Kier alpha value is -1.71. The van der Waals surface area contributed by atoms with E-state index in [1.54, 1.807) is 0 Å². The van der Waals surface area contributed by atoms with Gasteiger partial charge in [0, 0.05) is 12.6 Å². The van der Waals surface area contributed by atoms with Crippen molar-refractivity contribution in [2.75, 3.05) is 13.2 Å². The lowest BCUT2D eigenvalue weighted by atomic mass is 9.97. The predicted octanol–water partition coefficient (Wildman–Crippen LogP) is 3.79. The fourth-order valence-electron chi connectivity index (χ4n) is 2.80. The molecule has 1 aliphatic rings. The first-order chi connectivity index (χ1) is 10.2. The van der Waals surface area contributed by atoms with Crippen LogP contribution in [0.3, 0.4) is 0 Å². The molecule has 2 atom stereocenters. The second kappa shape index (κ2) is 6.37. The van der Waals surface area contributed by atoms with E-state index < -0.39 is 0 Å². The topological polar surface area (TPSA) is 21.3 Å². The minimum absolute atomic E-state index is 0.0952. The van der Waals surface area contributed by atoms with Crippen LogP contribution in [0.15, 0.2) is 48.5 Å². The molecule has 0 saturated carbocycles. The summed E-state index contributed by atoms with van der Waals surface area (Å²) in [4.78, 5) is 0. The molecule has 1 N–H and O–H groups in total. The molecule has 0 bridgehead atoms. The number of benzene rings is 2. The van der Waals surface area contributed by atoms with E-state index in [1.165, 1.54) is 23.3 Å². The third-order valence-corrected chi connectivity index (χ3v) is 4.07. The zero-order chi connectivity index (χ0) is 14.7. The van der Waals surface area contributed by atoms with Crippen LogP contribution in [-0.2, 0) is 11.2 Å². The van der Waals surface area contributed by atoms with Gasteiger partial charge in [-0.2, -0.15) is 0 Å². The van der Waals surface area contributed by atoms with Gasteiger partial charge in [0.2, 0.25) is 0 Å². The second-order valence-electron chi connectivity index (χ2n) is 5.49. The highest BCUT2D eigenvalue weighted by molar-refractivity contribution is 5.31. The summed E-state index contributed by atoms with van der Waals surface area (Å²) in [6.45, 7) is 3.62. The summed E-state index contributed by atoms with van der Waals surface area (Å²) in [6.07, 6.45) is 1.08. The predicted molar refractivity (Wildman–Crippen MR) is 81.7 cm³/mol. The molecule has 0 aromatic heterocycles. The SMILES string of the molecule is C[C@H](NCC1OCCc2ccccc21)c1ccc(F)cc1. The lowest BCUT2D eigenvalue weighted by Crippen LogP contribution is -2.29. The van der Waals surface area contributed by atoms with Crippen LogP contribution in [0.4, 0.5) is 4.39 Å². The van der Waals surface area contributed by atoms with Gasteiger partial charge in [-0.1, -0.05) is 36.4 Å². The Bertz CT molecular complexity index is 596. The Morgan fingerprint density at radius 2 is 1.95 bits per heavy atom. The van der Waals surface area contributed by atoms with Crippen molar-refractivity contribution < 1.29 is 9.13 Å². The number of hydrogen-bond donors (Lipinski definition) is 1. The Labute approximate surface area is 125 Å². The van der Waals surface area contributed by atoms with Crippen LogP contribution in [0, 0.1) is 5.82 Å². The maximum Gasteiger partial charge on any atom is 0.123 e. The molecule has 2 nitrogen and oxygen atoms in total. The molecule has 1 aliphatic heterocycles. The van der Waals surface area contributed by atoms with Gasteiger partial charge in [-0.05, 0) is 42.2 Å². The van der Waals surface area contributed by atoms with E-state index in [0.29, 0.717) is 0 Å². The Morgan fingerprint density at radius 1 is 1.19 bits per heavy atom. The number of nitrogens with one attached hydrogen (secondary N) is 1. The summed E-state index contributed by atoms with van der Waals surface area (Å²) in [7, 11) is 0. The first-order valence-corrected chi connectivity index (χ1v) is 7.42. The van der Waals surface area contributed by atoms with Crippen molar-refractivity contribution in [3.05, 3.63) is 71.0 Å². The molecular weight excluding hydrogens is 265 g/mol. The summed E-state index contributed by atoms with van der Waals surface area (Å²) in [5.41, 5.74) is 3.74. The van der Waals surface area contributed by atoms with E-state index in [4.69, 9.17) is 4.74 Å². The van der Waals surface area contributed by atoms with Crippen LogP contribution in [0.1, 0.15) is 35.8 Å². The normalized spacial score (nSPS) is 19.0. The maximum absolute atomic E-state index is 13.0. The number of rotatable bonds is 4. The molecule has 0 radical (unpaired) electrons. The number of halogens is 1. The van der Waals surface area contributed by atoms with E-state index in [-0.39, 0.29) is 18.0 Å². The van der Waals surface area contributed by atoms with Crippen LogP contribution in [0.5, 0.6) is 0 Å². The van der Waals surface area contributed by atoms with Crippen molar-refractivity contribution in [1.29, 1.82) is 0 Å². The fraction of sp³-hybridized carbons (Fsp3) is 0.333. The summed E-state index contributed by atoms with van der Waals surface area (Å²) < 4.78 is 18.8. The minimum atomic E-state index is -0.199. The van der Waals surface area contributed by atoms with Gasteiger partial charge in [0.05, 0.1) is 12.7 Å². The summed E-state index contributed by atoms with van der Waals surface area (Å²) in [5, 5.41) is 3.48. The smallest absolute Gasteiger partial charge is 0.123 e. The minimum Gasteiger partial charge on any atom is -0.372 e. The molecule has 110 valence electrons. The monoisotopic (exact) mass is 285 g/mol. The summed E-state index contributed by atoms with van der Waals surface area (Å²) in [5.74, 6) is -0.199. The van der Waals surface area contributed by atoms with Crippen molar-refractivity contribution in [1.82, 2.24) is 5.32 Å². The summed E-state index contributed by atoms with van der Waals surface area (Å²) in [6, 6.07) is 15.3. The third kappa shape index (κ3) is 3.31. The lowest BCUT2D eigenvalue weighted by molar-refractivity contribution is 0.0410. The van der Waals surface area contributed by atoms with Crippen molar-refractivity contribution in [2.24, 2.45) is 0 Å². The van der Waals surface area contributed by atoms with E-state index >= 15 is 0 Å². The van der Waals surface area contributed by atoms with Gasteiger partial charge in [0.15, 0.2) is 0 Å². The van der Waals surface area contributed by atoms with Crippen LogP contribution in [0.2, 0.25) is 0 Å². The van der Waals surface area contributed by atoms with Gasteiger partial charge in [0.25, 0.3) is 0 Å². The molecule has 3 heteroatoms. The third-order valence-electron chi connectivity index (χ3n) is 4.07. The molecule has 1 heterocycles. The van der Waals surface area contributed by atoms with Gasteiger partial charge < -0.3 is 10.1 Å². The first kappa shape index (κ1) is 14.2. The average molecular weight is 285 g/mol. The van der Waals surface area contributed by atoms with E-state index in [1.807, 2.05) is 12.1 Å². The Balaban J connectivity index is 1.64. The van der Waals surface area contributed by atoms with Gasteiger partial charge in [-0.15, -0.1) is 0 Å². The first-order valence-electron chi connectivity index (χ1n) is 7.42. The molecule has 0 spiro atoms. The molecule has 1 unspecified atom stereocenters. The van der Waals surface area contributed by atoms with Crippen LogP contribution >= 0.6 is 0 Å². The molecule has 2 aromatic carbocycles. The molecule has 0 amide bonds. The van der Waals surface area contributed by atoms with Gasteiger partial charge >= 0.3 is 0 Å². The number of ether oxygens (including phenoxy) is 1. The molecule has 0 aliphatic carbocycles. The van der Waals surface area contributed by atoms with Crippen LogP contribution < -0.4 is 5.32 Å². The highest BCUT2D eigenvalue weighted by Gasteiger charge is 2.20. The van der Waals surface area contributed by atoms with Crippen molar-refractivity contribution in [3.63, 3.8) is 0 Å². The standard InChI is InChI=1S/C18H20FNO/c1-13(14-6-8-16(19)9-7-14)20-12-18-17-5-3-2-4-15(17)10-11-21-18/h2-9,13,18,20H,10-12H2,1H3/t13-,18?/m0/s1. The highest BCUT2D eigenvalue weighted by atomic mass is 19.1. The van der Waals surface area contributed by atoms with Crippen LogP contribution in [-0.4, -0.2) is 13.2 Å². The fourth-order valence-corrected chi connectivity index (χ4v) is 2.80. The van der Waals surface area contributed by atoms with E-state index in [2.05, 4.69) is 36.5 Å². The number of fused-ring (bicyclic) bond motifs is 1. The molecule has 0 fully saturated rings. The summed E-state index contributed by atoms with van der Waals surface area (Å²) >= 11 is 0. The van der Waals surface area contributed by atoms with Gasteiger partial charge in [0.1, 0.15) is 5.82 Å². The largest absolute Gasteiger partial charge is 0.372 e. The second-order valence-corrected chi connectivity index (χ2v) is 5.49. The lowest BCUT2D eigenvalue weighted by Gasteiger charge is -2.27. The molecular formula is C18H20FNO. The van der Waals surface area contributed by atoms with Crippen LogP contribution in [0.25, 0.3) is 0 Å². The highest BCUT2D eigenvalue weighted by Crippen LogP contribution is 2.27. The molecule has 3 rings (SSSR count). The molecule has 21 heavy (non-hydrogen) atoms. The van der Waals surface area contributed by atoms with Crippen molar-refractivity contribution >= 4 is 0 Å². The molecule has 2 aromatic rings. The van der Waals surface area contributed by atoms with E-state index in [0.717, 1.165) is 25.1 Å². The zero-order valence-electron chi connectivity index (χ0n) is 12.2. The van der Waals surface area contributed by atoms with Gasteiger partial charge in [-0.25, -0.2) is 4.39 Å². The molecule has 0 saturated heterocycles. The zero-order valence-corrected chi connectivity index (χ0v) is 12.2. The van der Waals surface area contributed by atoms with Crippen molar-refractivity contribution in [3.8, 4) is 0 Å². The average Bonchev–Trinajstić information content (AvgIpc) is 2.53. The van der Waals surface area contributed by atoms with Gasteiger partial charge in [-0.3, -0.25) is 0 Å². The number of hydrogen-bond acceptors (Lipinski definition) is 2. The maximum atomic E-state index is 13.0. The quantitative estimate of drug-likeness (QED) is 0.923. The van der Waals surface area contributed by atoms with E-state index in [9.17, 15) is 4.39 Å². The van der Waals surface area contributed by atoms with Crippen molar-refractivity contribution in [2.45, 2.75) is 25.5 Å². The Morgan fingerprint density at radius 3 is 2.76 bits per heavy atom.